The molecule has 3 rings (SSSR count). The van der Waals surface area contributed by atoms with Gasteiger partial charge in [0.15, 0.2) is 5.82 Å². The minimum Gasteiger partial charge on any atom is -0.383 e. The third-order valence-corrected chi connectivity index (χ3v) is 3.94. The molecule has 0 aromatic carbocycles. The molecule has 0 bridgehead atoms. The molecule has 0 radical (unpaired) electrons. The lowest BCUT2D eigenvalue weighted by atomic mass is 10.2. The summed E-state index contributed by atoms with van der Waals surface area (Å²) in [6.07, 6.45) is 4.98. The quantitative estimate of drug-likeness (QED) is 0.757. The van der Waals surface area contributed by atoms with Crippen LogP contribution in [0, 0.1) is 0 Å². The fourth-order valence-electron chi connectivity index (χ4n) is 2.43. The van der Waals surface area contributed by atoms with E-state index in [1.165, 1.54) is 6.20 Å². The number of rotatable bonds is 7. The SMILES string of the molecule is COCCn1cnnc1[C@@H](C)NC(=O)c1cnc(C2CC2)[nH]c1=O. The number of carbonyl (C=O) groups excluding carboxylic acids is 1. The van der Waals surface area contributed by atoms with Gasteiger partial charge < -0.3 is 19.6 Å². The van der Waals surface area contributed by atoms with Gasteiger partial charge in [-0.15, -0.1) is 10.2 Å². The number of nitrogens with one attached hydrogen (secondary N) is 2. The van der Waals surface area contributed by atoms with Gasteiger partial charge in [-0.2, -0.15) is 0 Å². The van der Waals surface area contributed by atoms with E-state index < -0.39 is 17.5 Å². The smallest absolute Gasteiger partial charge is 0.263 e. The van der Waals surface area contributed by atoms with E-state index in [1.807, 2.05) is 0 Å². The summed E-state index contributed by atoms with van der Waals surface area (Å²) in [5.41, 5.74) is -0.424. The zero-order valence-electron chi connectivity index (χ0n) is 13.7. The Morgan fingerprint density at radius 1 is 1.54 bits per heavy atom. The summed E-state index contributed by atoms with van der Waals surface area (Å²) in [4.78, 5) is 31.3. The number of carbonyl (C=O) groups is 1. The van der Waals surface area contributed by atoms with Crippen molar-refractivity contribution >= 4 is 5.91 Å². The molecule has 2 heterocycles. The molecule has 0 unspecified atom stereocenters. The van der Waals surface area contributed by atoms with Crippen molar-refractivity contribution in [3.05, 3.63) is 40.1 Å². The highest BCUT2D eigenvalue weighted by molar-refractivity contribution is 5.93. The maximum Gasteiger partial charge on any atom is 0.263 e. The second kappa shape index (κ2) is 6.91. The molecule has 2 aromatic rings. The predicted octanol–water partition coefficient (Wildman–Crippen LogP) is 0.376. The Kier molecular flexibility index (Phi) is 4.70. The van der Waals surface area contributed by atoms with Gasteiger partial charge in [-0.3, -0.25) is 9.59 Å². The molecule has 2 aromatic heterocycles. The molecule has 9 heteroatoms. The Hall–Kier alpha value is -2.55. The lowest BCUT2D eigenvalue weighted by molar-refractivity contribution is 0.0935. The largest absolute Gasteiger partial charge is 0.383 e. The maximum atomic E-state index is 12.3. The zero-order chi connectivity index (χ0) is 17.1. The zero-order valence-corrected chi connectivity index (χ0v) is 13.7. The summed E-state index contributed by atoms with van der Waals surface area (Å²) in [7, 11) is 1.61. The van der Waals surface area contributed by atoms with Crippen molar-refractivity contribution in [2.75, 3.05) is 13.7 Å². The fraction of sp³-hybridized carbons (Fsp3) is 0.533. The summed E-state index contributed by atoms with van der Waals surface area (Å²) in [6.45, 7) is 2.88. The lowest BCUT2D eigenvalue weighted by Gasteiger charge is -2.14. The third kappa shape index (κ3) is 3.51. The number of hydrogen-bond acceptors (Lipinski definition) is 6. The number of nitrogens with zero attached hydrogens (tertiary/aromatic N) is 4. The van der Waals surface area contributed by atoms with Gasteiger partial charge in [0.25, 0.3) is 11.5 Å². The van der Waals surface area contributed by atoms with E-state index in [9.17, 15) is 9.59 Å². The normalized spacial score (nSPS) is 15.2. The first-order chi connectivity index (χ1) is 11.6. The van der Waals surface area contributed by atoms with Crippen molar-refractivity contribution < 1.29 is 9.53 Å². The molecule has 2 N–H and O–H groups in total. The number of methoxy groups -OCH3 is 1. The van der Waals surface area contributed by atoms with Gasteiger partial charge >= 0.3 is 0 Å². The maximum absolute atomic E-state index is 12.3. The van der Waals surface area contributed by atoms with Crippen molar-refractivity contribution in [1.82, 2.24) is 30.0 Å². The first-order valence-electron chi connectivity index (χ1n) is 7.87. The number of amides is 1. The monoisotopic (exact) mass is 332 g/mol. The van der Waals surface area contributed by atoms with E-state index in [-0.39, 0.29) is 5.56 Å². The molecule has 1 fully saturated rings. The molecule has 1 atom stereocenters. The van der Waals surface area contributed by atoms with Crippen molar-refractivity contribution in [3.63, 3.8) is 0 Å². The van der Waals surface area contributed by atoms with Crippen LogP contribution in [0.5, 0.6) is 0 Å². The van der Waals surface area contributed by atoms with Crippen LogP contribution >= 0.6 is 0 Å². The Morgan fingerprint density at radius 3 is 3.00 bits per heavy atom. The van der Waals surface area contributed by atoms with Crippen LogP contribution in [0.2, 0.25) is 0 Å². The van der Waals surface area contributed by atoms with Crippen molar-refractivity contribution in [2.24, 2.45) is 0 Å². The van der Waals surface area contributed by atoms with E-state index in [0.29, 0.717) is 30.7 Å². The second-order valence-corrected chi connectivity index (χ2v) is 5.86. The second-order valence-electron chi connectivity index (χ2n) is 5.86. The molecule has 0 saturated heterocycles. The molecule has 24 heavy (non-hydrogen) atoms. The molecule has 1 aliphatic carbocycles. The minimum atomic E-state index is -0.486. The summed E-state index contributed by atoms with van der Waals surface area (Å²) in [5, 5.41) is 10.6. The Labute approximate surface area is 138 Å². The van der Waals surface area contributed by atoms with Crippen molar-refractivity contribution in [3.8, 4) is 0 Å². The van der Waals surface area contributed by atoms with E-state index in [4.69, 9.17) is 4.74 Å². The number of aromatic nitrogens is 5. The summed E-state index contributed by atoms with van der Waals surface area (Å²) in [6, 6.07) is -0.403. The van der Waals surface area contributed by atoms with Crippen LogP contribution in [-0.4, -0.2) is 44.4 Å². The molecule has 9 nitrogen and oxygen atoms in total. The summed E-state index contributed by atoms with van der Waals surface area (Å²) in [5.74, 6) is 1.09. The first-order valence-corrected chi connectivity index (χ1v) is 7.87. The predicted molar refractivity (Wildman–Crippen MR) is 84.6 cm³/mol. The average molecular weight is 332 g/mol. The fourth-order valence-corrected chi connectivity index (χ4v) is 2.43. The topological polar surface area (TPSA) is 115 Å². The Bertz CT molecular complexity index is 780. The van der Waals surface area contributed by atoms with Crippen LogP contribution in [0.3, 0.4) is 0 Å². The van der Waals surface area contributed by atoms with Gasteiger partial charge in [-0.05, 0) is 19.8 Å². The minimum absolute atomic E-state index is 0.00536. The molecule has 0 spiro atoms. The highest BCUT2D eigenvalue weighted by atomic mass is 16.5. The average Bonchev–Trinajstić information content (AvgIpc) is 3.30. The van der Waals surface area contributed by atoms with Crippen molar-refractivity contribution in [1.29, 1.82) is 0 Å². The Morgan fingerprint density at radius 2 is 2.33 bits per heavy atom. The van der Waals surface area contributed by atoms with Crippen LogP contribution in [0.25, 0.3) is 0 Å². The molecular weight excluding hydrogens is 312 g/mol. The van der Waals surface area contributed by atoms with Gasteiger partial charge in [0.1, 0.15) is 17.7 Å². The van der Waals surface area contributed by atoms with Gasteiger partial charge in [-0.25, -0.2) is 4.98 Å². The van der Waals surface area contributed by atoms with Crippen LogP contribution in [0.15, 0.2) is 17.3 Å². The van der Waals surface area contributed by atoms with Gasteiger partial charge in [0.05, 0.1) is 12.6 Å². The van der Waals surface area contributed by atoms with E-state index in [2.05, 4.69) is 25.5 Å². The van der Waals surface area contributed by atoms with Crippen LogP contribution < -0.4 is 10.9 Å². The van der Waals surface area contributed by atoms with Gasteiger partial charge in [0.2, 0.25) is 0 Å². The summed E-state index contributed by atoms with van der Waals surface area (Å²) < 4.78 is 6.83. The molecule has 128 valence electrons. The summed E-state index contributed by atoms with van der Waals surface area (Å²) >= 11 is 0. The van der Waals surface area contributed by atoms with E-state index >= 15 is 0 Å². The van der Waals surface area contributed by atoms with Crippen LogP contribution in [-0.2, 0) is 11.3 Å². The number of aromatic amines is 1. The Balaban J connectivity index is 1.70. The number of H-pyrrole nitrogens is 1. The highest BCUT2D eigenvalue weighted by Gasteiger charge is 2.27. The lowest BCUT2D eigenvalue weighted by Crippen LogP contribution is -2.33. The number of ether oxygens (including phenoxy) is 1. The van der Waals surface area contributed by atoms with E-state index in [0.717, 1.165) is 12.8 Å². The van der Waals surface area contributed by atoms with E-state index in [1.54, 1.807) is 24.9 Å². The standard InChI is InChI=1S/C15H20N6O3/c1-9(13-20-17-8-21(13)5-6-24-2)18-14(22)11-7-16-12(10-3-4-10)19-15(11)23/h7-10H,3-6H2,1-2H3,(H,18,22)(H,16,19,23)/t9-/m1/s1. The van der Waals surface area contributed by atoms with Gasteiger partial charge in [0, 0.05) is 25.8 Å². The molecule has 1 saturated carbocycles. The van der Waals surface area contributed by atoms with Crippen molar-refractivity contribution in [2.45, 2.75) is 38.3 Å². The number of hydrogen-bond donors (Lipinski definition) is 2. The molecule has 1 amide bonds. The molecule has 1 aliphatic rings. The third-order valence-electron chi connectivity index (χ3n) is 3.94. The molecule has 0 aliphatic heterocycles. The highest BCUT2D eigenvalue weighted by Crippen LogP contribution is 2.37. The first kappa shape index (κ1) is 16.3. The van der Waals surface area contributed by atoms with Crippen LogP contribution in [0.1, 0.15) is 53.7 Å². The van der Waals surface area contributed by atoms with Crippen LogP contribution in [0.4, 0.5) is 0 Å². The molecular formula is C15H20N6O3. The van der Waals surface area contributed by atoms with Gasteiger partial charge in [-0.1, -0.05) is 0 Å².